The third kappa shape index (κ3) is 4.74. The summed E-state index contributed by atoms with van der Waals surface area (Å²) in [5.41, 5.74) is 2.49. The molecule has 8 nitrogen and oxygen atoms in total. The summed E-state index contributed by atoms with van der Waals surface area (Å²) in [5.74, 6) is 1.54. The van der Waals surface area contributed by atoms with Crippen LogP contribution in [0.1, 0.15) is 12.8 Å². The molecular formula is C17H14N6O2S3. The molecule has 0 aliphatic heterocycles. The molecule has 0 bridgehead atoms. The van der Waals surface area contributed by atoms with Crippen LogP contribution in [-0.4, -0.2) is 26.2 Å². The predicted molar refractivity (Wildman–Crippen MR) is 111 cm³/mol. The van der Waals surface area contributed by atoms with Crippen LogP contribution in [0.5, 0.6) is 0 Å². The number of carbonyl (C=O) groups excluding carboxylic acids is 1. The Labute approximate surface area is 172 Å². The van der Waals surface area contributed by atoms with E-state index in [9.17, 15) is 4.79 Å². The second kappa shape index (κ2) is 8.50. The van der Waals surface area contributed by atoms with Crippen LogP contribution in [0.25, 0.3) is 11.4 Å². The molecule has 0 saturated heterocycles. The SMILES string of the molecule is CC(=O)Nc1cccc(Nc2nnc(SCc3nc(-c4ccsc4)no3)s2)c1. The lowest BCUT2D eigenvalue weighted by atomic mass is 10.3. The third-order valence-corrected chi connectivity index (χ3v) is 6.05. The number of nitrogens with one attached hydrogen (secondary N) is 2. The summed E-state index contributed by atoms with van der Waals surface area (Å²) < 4.78 is 6.07. The molecule has 3 heterocycles. The summed E-state index contributed by atoms with van der Waals surface area (Å²) in [6.45, 7) is 1.47. The van der Waals surface area contributed by atoms with Gasteiger partial charge in [0, 0.05) is 29.2 Å². The molecule has 0 aliphatic rings. The molecule has 11 heteroatoms. The van der Waals surface area contributed by atoms with Crippen molar-refractivity contribution in [3.05, 3.63) is 47.0 Å². The minimum Gasteiger partial charge on any atom is -0.338 e. The molecule has 0 saturated carbocycles. The largest absolute Gasteiger partial charge is 0.338 e. The van der Waals surface area contributed by atoms with Crippen molar-refractivity contribution in [1.29, 1.82) is 0 Å². The van der Waals surface area contributed by atoms with E-state index in [2.05, 4.69) is 31.0 Å². The summed E-state index contributed by atoms with van der Waals surface area (Å²) in [5, 5.41) is 22.9. The van der Waals surface area contributed by atoms with Gasteiger partial charge < -0.3 is 15.2 Å². The second-order valence-electron chi connectivity index (χ2n) is 5.57. The Hall–Kier alpha value is -2.76. The molecule has 0 spiro atoms. The number of benzene rings is 1. The molecule has 3 aromatic heterocycles. The zero-order valence-corrected chi connectivity index (χ0v) is 17.0. The lowest BCUT2D eigenvalue weighted by molar-refractivity contribution is -0.114. The molecule has 2 N–H and O–H groups in total. The summed E-state index contributed by atoms with van der Waals surface area (Å²) in [6.07, 6.45) is 0. The van der Waals surface area contributed by atoms with E-state index in [1.165, 1.54) is 30.0 Å². The van der Waals surface area contributed by atoms with Gasteiger partial charge in [-0.2, -0.15) is 16.3 Å². The number of thiophene rings is 1. The second-order valence-corrected chi connectivity index (χ2v) is 8.55. The van der Waals surface area contributed by atoms with Crippen molar-refractivity contribution in [2.24, 2.45) is 0 Å². The Kier molecular flexibility index (Phi) is 5.65. The van der Waals surface area contributed by atoms with E-state index < -0.39 is 0 Å². The number of hydrogen-bond acceptors (Lipinski definition) is 10. The molecule has 0 aliphatic carbocycles. The van der Waals surface area contributed by atoms with Crippen LogP contribution >= 0.6 is 34.4 Å². The summed E-state index contributed by atoms with van der Waals surface area (Å²) in [4.78, 5) is 15.6. The fourth-order valence-electron chi connectivity index (χ4n) is 2.27. The maximum Gasteiger partial charge on any atom is 0.237 e. The van der Waals surface area contributed by atoms with Gasteiger partial charge in [-0.15, -0.1) is 10.2 Å². The van der Waals surface area contributed by atoms with Crippen LogP contribution in [0.2, 0.25) is 0 Å². The number of hydrogen-bond donors (Lipinski definition) is 2. The number of amides is 1. The van der Waals surface area contributed by atoms with E-state index in [1.807, 2.05) is 41.1 Å². The molecule has 142 valence electrons. The maximum absolute atomic E-state index is 11.2. The van der Waals surface area contributed by atoms with E-state index in [-0.39, 0.29) is 5.91 Å². The van der Waals surface area contributed by atoms with Crippen LogP contribution in [0.3, 0.4) is 0 Å². The van der Waals surface area contributed by atoms with Gasteiger partial charge in [0.15, 0.2) is 4.34 Å². The Bertz CT molecular complexity index is 1080. The average molecular weight is 431 g/mol. The summed E-state index contributed by atoms with van der Waals surface area (Å²) in [6, 6.07) is 9.35. The third-order valence-electron chi connectivity index (χ3n) is 3.41. The highest BCUT2D eigenvalue weighted by molar-refractivity contribution is 8.00. The fraction of sp³-hybridized carbons (Fsp3) is 0.118. The molecule has 28 heavy (non-hydrogen) atoms. The van der Waals surface area contributed by atoms with E-state index in [4.69, 9.17) is 4.52 Å². The molecule has 1 amide bonds. The number of carbonyl (C=O) groups is 1. The van der Waals surface area contributed by atoms with Crippen molar-refractivity contribution in [2.75, 3.05) is 10.6 Å². The fourth-order valence-corrected chi connectivity index (χ4v) is 4.51. The van der Waals surface area contributed by atoms with E-state index in [1.54, 1.807) is 11.3 Å². The molecule has 0 radical (unpaired) electrons. The number of anilines is 3. The molecule has 4 aromatic rings. The minimum absolute atomic E-state index is 0.116. The Morgan fingerprint density at radius 1 is 1.25 bits per heavy atom. The minimum atomic E-state index is -0.116. The smallest absolute Gasteiger partial charge is 0.237 e. The standard InChI is InChI=1S/C17H14N6O2S3/c1-10(24)18-12-3-2-4-13(7-12)19-16-21-22-17(28-16)27-9-14-20-15(23-25-14)11-5-6-26-8-11/h2-8H,9H2,1H3,(H,18,24)(H,19,21). The van der Waals surface area contributed by atoms with Gasteiger partial charge in [-0.1, -0.05) is 34.3 Å². The normalized spacial score (nSPS) is 10.8. The molecule has 0 atom stereocenters. The van der Waals surface area contributed by atoms with Crippen LogP contribution in [0, 0.1) is 0 Å². The summed E-state index contributed by atoms with van der Waals surface area (Å²) >= 11 is 4.50. The first-order valence-electron chi connectivity index (χ1n) is 8.12. The lowest BCUT2D eigenvalue weighted by Crippen LogP contribution is -2.05. The van der Waals surface area contributed by atoms with Gasteiger partial charge in [0.2, 0.25) is 22.8 Å². The van der Waals surface area contributed by atoms with E-state index in [0.717, 1.165) is 21.3 Å². The van der Waals surface area contributed by atoms with Crippen LogP contribution in [0.4, 0.5) is 16.5 Å². The first-order valence-corrected chi connectivity index (χ1v) is 10.9. The van der Waals surface area contributed by atoms with Crippen LogP contribution in [-0.2, 0) is 10.5 Å². The average Bonchev–Trinajstić information content (AvgIpc) is 3.41. The highest BCUT2D eigenvalue weighted by atomic mass is 32.2. The number of nitrogens with zero attached hydrogens (tertiary/aromatic N) is 4. The van der Waals surface area contributed by atoms with Gasteiger partial charge in [-0.05, 0) is 29.6 Å². The molecular weight excluding hydrogens is 416 g/mol. The number of aromatic nitrogens is 4. The van der Waals surface area contributed by atoms with Crippen molar-refractivity contribution in [2.45, 2.75) is 17.0 Å². The first kappa shape index (κ1) is 18.6. The summed E-state index contributed by atoms with van der Waals surface area (Å²) in [7, 11) is 0. The molecule has 1 aromatic carbocycles. The quantitative estimate of drug-likeness (QED) is 0.408. The van der Waals surface area contributed by atoms with Crippen LogP contribution < -0.4 is 10.6 Å². The van der Waals surface area contributed by atoms with Crippen LogP contribution in [0.15, 0.2) is 50.0 Å². The van der Waals surface area contributed by atoms with Crippen molar-refractivity contribution in [1.82, 2.24) is 20.3 Å². The van der Waals surface area contributed by atoms with Crippen molar-refractivity contribution < 1.29 is 9.32 Å². The topological polar surface area (TPSA) is 106 Å². The maximum atomic E-state index is 11.2. The highest BCUT2D eigenvalue weighted by Gasteiger charge is 2.11. The van der Waals surface area contributed by atoms with Gasteiger partial charge in [-0.3, -0.25) is 4.79 Å². The Morgan fingerprint density at radius 3 is 2.96 bits per heavy atom. The molecule has 4 rings (SSSR count). The number of rotatable bonds is 7. The van der Waals surface area contributed by atoms with E-state index in [0.29, 0.717) is 22.6 Å². The lowest BCUT2D eigenvalue weighted by Gasteiger charge is -2.05. The zero-order chi connectivity index (χ0) is 19.3. The first-order chi connectivity index (χ1) is 13.7. The van der Waals surface area contributed by atoms with Crippen molar-refractivity contribution in [3.8, 4) is 11.4 Å². The van der Waals surface area contributed by atoms with Crippen molar-refractivity contribution >= 4 is 56.8 Å². The van der Waals surface area contributed by atoms with Gasteiger partial charge >= 0.3 is 0 Å². The van der Waals surface area contributed by atoms with Gasteiger partial charge in [0.25, 0.3) is 0 Å². The van der Waals surface area contributed by atoms with E-state index >= 15 is 0 Å². The molecule has 0 unspecified atom stereocenters. The molecule has 0 fully saturated rings. The van der Waals surface area contributed by atoms with Gasteiger partial charge in [-0.25, -0.2) is 0 Å². The van der Waals surface area contributed by atoms with Gasteiger partial charge in [0.05, 0.1) is 5.75 Å². The van der Waals surface area contributed by atoms with Gasteiger partial charge in [0.1, 0.15) is 0 Å². The Balaban J connectivity index is 1.35. The predicted octanol–water partition coefficient (Wildman–Crippen LogP) is 4.64. The highest BCUT2D eigenvalue weighted by Crippen LogP contribution is 2.30. The number of thioether (sulfide) groups is 1. The zero-order valence-electron chi connectivity index (χ0n) is 14.6. The Morgan fingerprint density at radius 2 is 2.14 bits per heavy atom. The van der Waals surface area contributed by atoms with Crippen molar-refractivity contribution in [3.63, 3.8) is 0 Å². The monoisotopic (exact) mass is 430 g/mol.